The van der Waals surface area contributed by atoms with E-state index >= 15 is 0 Å². The molecule has 0 aliphatic carbocycles. The molecule has 0 spiro atoms. The topological polar surface area (TPSA) is 122 Å². The molecule has 0 saturated carbocycles. The van der Waals surface area contributed by atoms with Gasteiger partial charge in [0.15, 0.2) is 0 Å². The smallest absolute Gasteiger partial charge is 0.311 e. The van der Waals surface area contributed by atoms with Gasteiger partial charge in [0.1, 0.15) is 11.5 Å². The summed E-state index contributed by atoms with van der Waals surface area (Å²) >= 11 is 0. The summed E-state index contributed by atoms with van der Waals surface area (Å²) in [6, 6.07) is 9.86. The van der Waals surface area contributed by atoms with Crippen LogP contribution in [0, 0.1) is 6.92 Å². The van der Waals surface area contributed by atoms with Gasteiger partial charge in [-0.15, -0.1) is 0 Å². The first-order valence-corrected chi connectivity index (χ1v) is 10.9. The summed E-state index contributed by atoms with van der Waals surface area (Å²) in [4.78, 5) is 40.1. The van der Waals surface area contributed by atoms with Crippen LogP contribution in [0.3, 0.4) is 0 Å². The Morgan fingerprint density at radius 2 is 1.57 bits per heavy atom. The third-order valence-corrected chi connectivity index (χ3v) is 5.08. The molecule has 3 N–H and O–H groups in total. The highest BCUT2D eigenvalue weighted by molar-refractivity contribution is 6.00. The second-order valence-corrected chi connectivity index (χ2v) is 7.94. The van der Waals surface area contributed by atoms with Gasteiger partial charge in [-0.2, -0.15) is 13.2 Å². The zero-order chi connectivity index (χ0) is 26.6. The molecule has 0 atom stereocenters. The molecular formula is C25H20F3N7O2. The van der Waals surface area contributed by atoms with E-state index in [-0.39, 0.29) is 11.6 Å². The van der Waals surface area contributed by atoms with Crippen LogP contribution in [0.1, 0.15) is 18.2 Å². The summed E-state index contributed by atoms with van der Waals surface area (Å²) in [7, 11) is 0. The van der Waals surface area contributed by atoms with E-state index in [1.165, 1.54) is 6.92 Å². The van der Waals surface area contributed by atoms with Gasteiger partial charge in [-0.1, -0.05) is 6.07 Å². The fourth-order valence-electron chi connectivity index (χ4n) is 3.38. The zero-order valence-electron chi connectivity index (χ0n) is 19.6. The number of hydrogen-bond acceptors (Lipinski definition) is 6. The summed E-state index contributed by atoms with van der Waals surface area (Å²) in [5, 5.41) is 7.72. The van der Waals surface area contributed by atoms with E-state index in [0.29, 0.717) is 34.0 Å². The van der Waals surface area contributed by atoms with Crippen LogP contribution in [0.2, 0.25) is 0 Å². The van der Waals surface area contributed by atoms with Gasteiger partial charge in [0.25, 0.3) is 0 Å². The maximum Gasteiger partial charge on any atom is 0.433 e. The molecule has 9 nitrogen and oxygen atoms in total. The largest absolute Gasteiger partial charge is 0.433 e. The molecule has 0 fully saturated rings. The number of halogens is 3. The molecule has 3 heterocycles. The molecule has 188 valence electrons. The number of nitrogens with zero attached hydrogens (tertiary/aromatic N) is 4. The SMILES string of the molecule is CC(=O)Nc1cc(-c2cncc(-c3cc(NC(=O)Nc4ccc(C(F)(F)F)nc4)ccc3C)n2)ccn1. The number of nitrogens with one attached hydrogen (secondary N) is 3. The van der Waals surface area contributed by atoms with Crippen LogP contribution in [0.15, 0.2) is 67.3 Å². The van der Waals surface area contributed by atoms with E-state index < -0.39 is 17.9 Å². The number of alkyl halides is 3. The standard InChI is InChI=1S/C25H20F3N7O2/c1-14-3-4-17(33-24(37)34-18-5-6-22(31-11-18)25(26,27)28)10-19(14)21-13-29-12-20(35-21)16-7-8-30-23(9-16)32-15(2)36/h3-13H,1-2H3,(H,30,32,36)(H2,33,34,37). The van der Waals surface area contributed by atoms with E-state index in [2.05, 4.69) is 35.9 Å². The number of carbonyl (C=O) groups is 2. The first kappa shape index (κ1) is 25.2. The number of anilines is 3. The molecule has 3 aromatic heterocycles. The van der Waals surface area contributed by atoms with Crippen molar-refractivity contribution >= 4 is 29.1 Å². The monoisotopic (exact) mass is 507 g/mol. The van der Waals surface area contributed by atoms with Crippen molar-refractivity contribution in [2.45, 2.75) is 20.0 Å². The van der Waals surface area contributed by atoms with Crippen LogP contribution >= 0.6 is 0 Å². The molecule has 4 aromatic rings. The average Bonchev–Trinajstić information content (AvgIpc) is 2.85. The fraction of sp³-hybridized carbons (Fsp3) is 0.120. The Labute approximate surface area is 209 Å². The van der Waals surface area contributed by atoms with Crippen molar-refractivity contribution < 1.29 is 22.8 Å². The van der Waals surface area contributed by atoms with Crippen molar-refractivity contribution in [1.29, 1.82) is 0 Å². The second-order valence-electron chi connectivity index (χ2n) is 7.94. The van der Waals surface area contributed by atoms with Crippen molar-refractivity contribution in [3.05, 3.63) is 78.5 Å². The zero-order valence-corrected chi connectivity index (χ0v) is 19.6. The lowest BCUT2D eigenvalue weighted by molar-refractivity contribution is -0.141. The van der Waals surface area contributed by atoms with Crippen LogP contribution in [0.25, 0.3) is 22.5 Å². The molecule has 12 heteroatoms. The molecular weight excluding hydrogens is 487 g/mol. The van der Waals surface area contributed by atoms with Crippen molar-refractivity contribution in [3.8, 4) is 22.5 Å². The lowest BCUT2D eigenvalue weighted by atomic mass is 10.0. The quantitative estimate of drug-likeness (QED) is 0.327. The maximum absolute atomic E-state index is 12.7. The third kappa shape index (κ3) is 6.42. The molecule has 0 aliphatic rings. The summed E-state index contributed by atoms with van der Waals surface area (Å²) in [5.74, 6) is 0.136. The van der Waals surface area contributed by atoms with E-state index in [1.807, 2.05) is 6.92 Å². The number of rotatable bonds is 5. The van der Waals surface area contributed by atoms with Gasteiger partial charge < -0.3 is 16.0 Å². The highest BCUT2D eigenvalue weighted by atomic mass is 19.4. The Morgan fingerprint density at radius 3 is 2.27 bits per heavy atom. The number of pyridine rings is 2. The third-order valence-electron chi connectivity index (χ3n) is 5.08. The molecule has 37 heavy (non-hydrogen) atoms. The van der Waals surface area contributed by atoms with Crippen LogP contribution in [-0.4, -0.2) is 31.9 Å². The first-order valence-electron chi connectivity index (χ1n) is 10.9. The molecule has 0 radical (unpaired) electrons. The number of aromatic nitrogens is 4. The Balaban J connectivity index is 1.52. The predicted octanol–water partition coefficient (Wildman–Crippen LogP) is 5.53. The predicted molar refractivity (Wildman–Crippen MR) is 132 cm³/mol. The molecule has 0 aliphatic heterocycles. The Morgan fingerprint density at radius 1 is 0.838 bits per heavy atom. The molecule has 0 bridgehead atoms. The summed E-state index contributed by atoms with van der Waals surface area (Å²) in [6.45, 7) is 3.27. The summed E-state index contributed by atoms with van der Waals surface area (Å²) in [6.07, 6.45) is 1.08. The van der Waals surface area contributed by atoms with Gasteiger partial charge in [-0.05, 0) is 48.9 Å². The number of urea groups is 1. The first-order chi connectivity index (χ1) is 17.6. The molecule has 0 unspecified atom stereocenters. The van der Waals surface area contributed by atoms with Crippen LogP contribution in [-0.2, 0) is 11.0 Å². The van der Waals surface area contributed by atoms with Gasteiger partial charge in [0.05, 0.1) is 35.7 Å². The number of aryl methyl sites for hydroxylation is 1. The highest BCUT2D eigenvalue weighted by Gasteiger charge is 2.32. The van der Waals surface area contributed by atoms with E-state index in [9.17, 15) is 22.8 Å². The minimum Gasteiger partial charge on any atom is -0.311 e. The van der Waals surface area contributed by atoms with E-state index in [0.717, 1.165) is 23.9 Å². The van der Waals surface area contributed by atoms with Crippen LogP contribution < -0.4 is 16.0 Å². The number of benzene rings is 1. The lowest BCUT2D eigenvalue weighted by Crippen LogP contribution is -2.20. The van der Waals surface area contributed by atoms with Gasteiger partial charge in [-0.3, -0.25) is 9.78 Å². The minimum absolute atomic E-state index is 0.104. The molecule has 1 aromatic carbocycles. The highest BCUT2D eigenvalue weighted by Crippen LogP contribution is 2.29. The van der Waals surface area contributed by atoms with E-state index in [1.54, 1.807) is 48.9 Å². The van der Waals surface area contributed by atoms with Gasteiger partial charge in [0, 0.05) is 29.9 Å². The number of hydrogen-bond donors (Lipinski definition) is 3. The average molecular weight is 507 g/mol. The molecule has 0 saturated heterocycles. The maximum atomic E-state index is 12.7. The normalized spacial score (nSPS) is 11.1. The van der Waals surface area contributed by atoms with Crippen molar-refractivity contribution in [1.82, 2.24) is 19.9 Å². The minimum atomic E-state index is -4.57. The van der Waals surface area contributed by atoms with E-state index in [4.69, 9.17) is 0 Å². The van der Waals surface area contributed by atoms with Crippen LogP contribution in [0.4, 0.5) is 35.2 Å². The number of carbonyl (C=O) groups excluding carboxylic acids is 2. The Hall–Kier alpha value is -4.87. The van der Waals surface area contributed by atoms with Crippen LogP contribution in [0.5, 0.6) is 0 Å². The van der Waals surface area contributed by atoms with Crippen molar-refractivity contribution in [2.75, 3.05) is 16.0 Å². The van der Waals surface area contributed by atoms with Gasteiger partial charge in [-0.25, -0.2) is 19.7 Å². The number of amides is 3. The van der Waals surface area contributed by atoms with Crippen molar-refractivity contribution in [3.63, 3.8) is 0 Å². The lowest BCUT2D eigenvalue weighted by Gasteiger charge is -2.12. The fourth-order valence-corrected chi connectivity index (χ4v) is 3.38. The van der Waals surface area contributed by atoms with Gasteiger partial charge >= 0.3 is 12.2 Å². The molecule has 3 amide bonds. The molecule has 4 rings (SSSR count). The van der Waals surface area contributed by atoms with Crippen molar-refractivity contribution in [2.24, 2.45) is 0 Å². The summed E-state index contributed by atoms with van der Waals surface area (Å²) < 4.78 is 38.0. The summed E-state index contributed by atoms with van der Waals surface area (Å²) in [5.41, 5.74) is 2.86. The Kier molecular flexibility index (Phi) is 7.09. The van der Waals surface area contributed by atoms with Gasteiger partial charge in [0.2, 0.25) is 5.91 Å². The Bertz CT molecular complexity index is 1460. The second kappa shape index (κ2) is 10.4.